The van der Waals surface area contributed by atoms with E-state index in [-0.39, 0.29) is 11.3 Å². The normalized spacial score (nSPS) is 15.2. The van der Waals surface area contributed by atoms with Crippen LogP contribution in [0.4, 0.5) is 5.69 Å². The molecule has 0 radical (unpaired) electrons. The molecule has 0 saturated carbocycles. The van der Waals surface area contributed by atoms with Gasteiger partial charge in [0, 0.05) is 23.4 Å². The first-order valence-electron chi connectivity index (χ1n) is 7.32. The van der Waals surface area contributed by atoms with Crippen LogP contribution in [0.2, 0.25) is 0 Å². The molecule has 0 unspecified atom stereocenters. The predicted octanol–water partition coefficient (Wildman–Crippen LogP) is 3.98. The number of ketones is 1. The number of hydrogen-bond acceptors (Lipinski definition) is 3. The number of nitrogens with one attached hydrogen (secondary N) is 1. The van der Waals surface area contributed by atoms with Crippen LogP contribution in [0.25, 0.3) is 10.8 Å². The van der Waals surface area contributed by atoms with Crippen LogP contribution in [-0.2, 0) is 4.79 Å². The van der Waals surface area contributed by atoms with Gasteiger partial charge >= 0.3 is 5.97 Å². The van der Waals surface area contributed by atoms with Crippen molar-refractivity contribution >= 4 is 28.2 Å². The molecule has 2 aromatic carbocycles. The highest BCUT2D eigenvalue weighted by Gasteiger charge is 2.17. The number of Topliss-reactive ketones (excluding diaryl/α,β-unsaturated/α-hetero) is 1. The molecule has 4 nitrogen and oxygen atoms in total. The number of benzene rings is 2. The molecule has 22 heavy (non-hydrogen) atoms. The van der Waals surface area contributed by atoms with Gasteiger partial charge in [0.15, 0.2) is 5.78 Å². The van der Waals surface area contributed by atoms with Gasteiger partial charge in [-0.1, -0.05) is 24.3 Å². The summed E-state index contributed by atoms with van der Waals surface area (Å²) in [7, 11) is 0. The molecule has 0 aromatic heterocycles. The topological polar surface area (TPSA) is 66.4 Å². The third-order valence-electron chi connectivity index (χ3n) is 4.09. The summed E-state index contributed by atoms with van der Waals surface area (Å²) < 4.78 is 0. The number of fused-ring (bicyclic) bond motifs is 1. The van der Waals surface area contributed by atoms with E-state index in [1.165, 1.54) is 0 Å². The zero-order chi connectivity index (χ0) is 15.7. The number of anilines is 1. The number of rotatable bonds is 3. The standard InChI is InChI=1S/C18H17NO3/c1-11-16(7-4-8-17(11)20)19-13-9-12-5-2-3-6-14(12)15(10-13)18(21)22/h2-3,5-6,9-10,19H,4,7-8H2,1H3,(H,21,22). The molecule has 0 fully saturated rings. The lowest BCUT2D eigenvalue weighted by Crippen LogP contribution is -2.14. The summed E-state index contributed by atoms with van der Waals surface area (Å²) in [5.41, 5.74) is 2.61. The van der Waals surface area contributed by atoms with Crippen molar-refractivity contribution in [1.29, 1.82) is 0 Å². The van der Waals surface area contributed by atoms with Crippen LogP contribution in [-0.4, -0.2) is 16.9 Å². The molecule has 112 valence electrons. The second-order valence-electron chi connectivity index (χ2n) is 5.56. The summed E-state index contributed by atoms with van der Waals surface area (Å²) in [6, 6.07) is 10.9. The first-order valence-corrected chi connectivity index (χ1v) is 7.32. The fourth-order valence-corrected chi connectivity index (χ4v) is 2.86. The highest BCUT2D eigenvalue weighted by Crippen LogP contribution is 2.28. The van der Waals surface area contributed by atoms with Crippen molar-refractivity contribution in [2.24, 2.45) is 0 Å². The Hall–Kier alpha value is -2.62. The van der Waals surface area contributed by atoms with E-state index in [9.17, 15) is 14.7 Å². The number of carboxylic acids is 1. The Labute approximate surface area is 128 Å². The van der Waals surface area contributed by atoms with Crippen LogP contribution in [0.5, 0.6) is 0 Å². The SMILES string of the molecule is CC1=C(Nc2cc(C(=O)O)c3ccccc3c2)CCCC1=O. The second-order valence-corrected chi connectivity index (χ2v) is 5.56. The number of aromatic carboxylic acids is 1. The molecule has 1 aliphatic rings. The molecule has 0 bridgehead atoms. The first kappa shape index (κ1) is 14.3. The third kappa shape index (κ3) is 2.60. The highest BCUT2D eigenvalue weighted by atomic mass is 16.4. The lowest BCUT2D eigenvalue weighted by atomic mass is 9.95. The molecule has 4 heteroatoms. The van der Waals surface area contributed by atoms with E-state index in [1.54, 1.807) is 12.1 Å². The van der Waals surface area contributed by atoms with Crippen molar-refractivity contribution in [3.05, 3.63) is 53.2 Å². The molecular weight excluding hydrogens is 278 g/mol. The molecule has 0 heterocycles. The van der Waals surface area contributed by atoms with E-state index in [0.717, 1.165) is 29.5 Å². The summed E-state index contributed by atoms with van der Waals surface area (Å²) >= 11 is 0. The summed E-state index contributed by atoms with van der Waals surface area (Å²) in [5, 5.41) is 14.2. The van der Waals surface area contributed by atoms with Crippen LogP contribution in [0.1, 0.15) is 36.5 Å². The zero-order valence-electron chi connectivity index (χ0n) is 12.3. The largest absolute Gasteiger partial charge is 0.478 e. The molecule has 0 spiro atoms. The zero-order valence-corrected chi connectivity index (χ0v) is 12.3. The van der Waals surface area contributed by atoms with E-state index >= 15 is 0 Å². The maximum Gasteiger partial charge on any atom is 0.336 e. The Morgan fingerprint density at radius 1 is 1.18 bits per heavy atom. The molecule has 0 amide bonds. The van der Waals surface area contributed by atoms with Crippen LogP contribution < -0.4 is 5.32 Å². The average Bonchev–Trinajstić information content (AvgIpc) is 2.51. The highest BCUT2D eigenvalue weighted by molar-refractivity contribution is 6.05. The maximum absolute atomic E-state index is 11.8. The minimum atomic E-state index is -0.953. The van der Waals surface area contributed by atoms with Crippen LogP contribution in [0, 0.1) is 0 Å². The minimum Gasteiger partial charge on any atom is -0.478 e. The first-order chi connectivity index (χ1) is 10.6. The molecular formula is C18H17NO3. The van der Waals surface area contributed by atoms with Gasteiger partial charge in [-0.2, -0.15) is 0 Å². The van der Waals surface area contributed by atoms with E-state index in [2.05, 4.69) is 5.32 Å². The molecule has 1 aliphatic carbocycles. The smallest absolute Gasteiger partial charge is 0.336 e. The molecule has 0 atom stereocenters. The van der Waals surface area contributed by atoms with Crippen LogP contribution in [0.3, 0.4) is 0 Å². The van der Waals surface area contributed by atoms with Crippen LogP contribution in [0.15, 0.2) is 47.7 Å². The van der Waals surface area contributed by atoms with Crippen LogP contribution >= 0.6 is 0 Å². The van der Waals surface area contributed by atoms with Crippen molar-refractivity contribution in [3.8, 4) is 0 Å². The molecule has 2 aromatic rings. The second kappa shape index (κ2) is 5.64. The van der Waals surface area contributed by atoms with Gasteiger partial charge in [-0.3, -0.25) is 4.79 Å². The lowest BCUT2D eigenvalue weighted by Gasteiger charge is -2.19. The summed E-state index contributed by atoms with van der Waals surface area (Å²) in [5.74, 6) is -0.793. The molecule has 2 N–H and O–H groups in total. The van der Waals surface area contributed by atoms with E-state index in [1.807, 2.05) is 31.2 Å². The van der Waals surface area contributed by atoms with Gasteiger partial charge in [0.25, 0.3) is 0 Å². The molecule has 0 saturated heterocycles. The summed E-state index contributed by atoms with van der Waals surface area (Å²) in [4.78, 5) is 23.3. The van der Waals surface area contributed by atoms with Crippen molar-refractivity contribution in [1.82, 2.24) is 0 Å². The van der Waals surface area contributed by atoms with Gasteiger partial charge in [0.05, 0.1) is 5.56 Å². The van der Waals surface area contributed by atoms with E-state index in [0.29, 0.717) is 17.5 Å². The van der Waals surface area contributed by atoms with Crippen molar-refractivity contribution in [3.63, 3.8) is 0 Å². The number of carboxylic acid groups (broad SMARTS) is 1. The third-order valence-corrected chi connectivity index (χ3v) is 4.09. The molecule has 0 aliphatic heterocycles. The van der Waals surface area contributed by atoms with E-state index in [4.69, 9.17) is 0 Å². The Balaban J connectivity index is 2.06. The number of carbonyl (C=O) groups is 2. The Morgan fingerprint density at radius 2 is 1.95 bits per heavy atom. The average molecular weight is 295 g/mol. The Kier molecular flexibility index (Phi) is 3.67. The number of hydrogen-bond donors (Lipinski definition) is 2. The predicted molar refractivity (Wildman–Crippen MR) is 86.1 cm³/mol. The molecule has 3 rings (SSSR count). The van der Waals surface area contributed by atoms with Gasteiger partial charge in [0.1, 0.15) is 0 Å². The van der Waals surface area contributed by atoms with Gasteiger partial charge in [-0.15, -0.1) is 0 Å². The van der Waals surface area contributed by atoms with Crippen molar-refractivity contribution in [2.75, 3.05) is 5.32 Å². The lowest BCUT2D eigenvalue weighted by molar-refractivity contribution is -0.116. The fraction of sp³-hybridized carbons (Fsp3) is 0.222. The van der Waals surface area contributed by atoms with Crippen molar-refractivity contribution in [2.45, 2.75) is 26.2 Å². The summed E-state index contributed by atoms with van der Waals surface area (Å²) in [6.07, 6.45) is 2.24. The van der Waals surface area contributed by atoms with Gasteiger partial charge in [0.2, 0.25) is 0 Å². The van der Waals surface area contributed by atoms with Gasteiger partial charge in [-0.05, 0) is 42.7 Å². The maximum atomic E-state index is 11.8. The number of allylic oxidation sites excluding steroid dienone is 2. The quantitative estimate of drug-likeness (QED) is 0.899. The fourth-order valence-electron chi connectivity index (χ4n) is 2.86. The Bertz CT molecular complexity index is 805. The minimum absolute atomic E-state index is 0.160. The summed E-state index contributed by atoms with van der Waals surface area (Å²) in [6.45, 7) is 1.82. The Morgan fingerprint density at radius 3 is 2.73 bits per heavy atom. The monoisotopic (exact) mass is 295 g/mol. The van der Waals surface area contributed by atoms with E-state index < -0.39 is 5.97 Å². The van der Waals surface area contributed by atoms with Gasteiger partial charge in [-0.25, -0.2) is 4.79 Å². The van der Waals surface area contributed by atoms with Crippen molar-refractivity contribution < 1.29 is 14.7 Å². The van der Waals surface area contributed by atoms with Gasteiger partial charge < -0.3 is 10.4 Å². The number of carbonyl (C=O) groups excluding carboxylic acids is 1.